The Bertz CT molecular complexity index is 282. The lowest BCUT2D eigenvalue weighted by Gasteiger charge is -2.16. The van der Waals surface area contributed by atoms with Crippen LogP contribution in [0.5, 0.6) is 0 Å². The van der Waals surface area contributed by atoms with Crippen molar-refractivity contribution in [3.05, 3.63) is 24.0 Å². The van der Waals surface area contributed by atoms with Crippen LogP contribution in [0.15, 0.2) is 18.3 Å². The topological polar surface area (TPSA) is 48.1 Å². The molecule has 4 nitrogen and oxygen atoms in total. The summed E-state index contributed by atoms with van der Waals surface area (Å²) in [5, 5.41) is 2.97. The predicted octanol–water partition coefficient (Wildman–Crippen LogP) is 0.625. The van der Waals surface area contributed by atoms with Gasteiger partial charge in [-0.05, 0) is 19.2 Å². The van der Waals surface area contributed by atoms with E-state index in [4.69, 9.17) is 0 Å². The molecule has 1 heterocycles. The third-order valence-corrected chi connectivity index (χ3v) is 2.39. The number of nitrogens with zero attached hydrogens (tertiary/aromatic N) is 1. The number of nitrogens with one attached hydrogen (secondary N) is 2. The van der Waals surface area contributed by atoms with Gasteiger partial charge in [0.2, 0.25) is 5.91 Å². The summed E-state index contributed by atoms with van der Waals surface area (Å²) >= 11 is 0. The maximum atomic E-state index is 11.5. The SMILES string of the molecule is CNCCC(=O)N(C)CCc1ccc[nH]1. The largest absolute Gasteiger partial charge is 0.365 e. The average molecular weight is 209 g/mol. The van der Waals surface area contributed by atoms with Gasteiger partial charge in [-0.15, -0.1) is 0 Å². The second-order valence-electron chi connectivity index (χ2n) is 3.61. The minimum atomic E-state index is 0.191. The number of carbonyl (C=O) groups is 1. The van der Waals surface area contributed by atoms with E-state index in [1.807, 2.05) is 32.4 Å². The van der Waals surface area contributed by atoms with E-state index in [2.05, 4.69) is 10.3 Å². The van der Waals surface area contributed by atoms with Crippen molar-refractivity contribution in [3.8, 4) is 0 Å². The molecule has 4 heteroatoms. The molecule has 0 aliphatic heterocycles. The molecular weight excluding hydrogens is 190 g/mol. The fraction of sp³-hybridized carbons (Fsp3) is 0.545. The van der Waals surface area contributed by atoms with E-state index in [1.165, 1.54) is 5.69 Å². The van der Waals surface area contributed by atoms with E-state index < -0.39 is 0 Å². The Morgan fingerprint density at radius 3 is 3.00 bits per heavy atom. The first-order chi connectivity index (χ1) is 7.24. The highest BCUT2D eigenvalue weighted by atomic mass is 16.2. The first kappa shape index (κ1) is 11.8. The van der Waals surface area contributed by atoms with Crippen molar-refractivity contribution in [3.63, 3.8) is 0 Å². The van der Waals surface area contributed by atoms with Gasteiger partial charge in [-0.1, -0.05) is 0 Å². The Morgan fingerprint density at radius 1 is 1.60 bits per heavy atom. The molecule has 1 aromatic rings. The van der Waals surface area contributed by atoms with Gasteiger partial charge >= 0.3 is 0 Å². The monoisotopic (exact) mass is 209 g/mol. The molecule has 0 spiro atoms. The fourth-order valence-electron chi connectivity index (χ4n) is 1.36. The van der Waals surface area contributed by atoms with Crippen LogP contribution in [-0.2, 0) is 11.2 Å². The molecule has 0 fully saturated rings. The molecule has 1 aromatic heterocycles. The molecule has 15 heavy (non-hydrogen) atoms. The molecule has 0 unspecified atom stereocenters. The number of aromatic nitrogens is 1. The van der Waals surface area contributed by atoms with E-state index in [0.29, 0.717) is 6.42 Å². The van der Waals surface area contributed by atoms with Gasteiger partial charge in [0.1, 0.15) is 0 Å². The Kier molecular flexibility index (Phi) is 4.90. The van der Waals surface area contributed by atoms with Crippen LogP contribution in [0.1, 0.15) is 12.1 Å². The number of hydrogen-bond acceptors (Lipinski definition) is 2. The van der Waals surface area contributed by atoms with Crippen molar-refractivity contribution >= 4 is 5.91 Å². The van der Waals surface area contributed by atoms with E-state index >= 15 is 0 Å². The van der Waals surface area contributed by atoms with Gasteiger partial charge in [-0.2, -0.15) is 0 Å². The summed E-state index contributed by atoms with van der Waals surface area (Å²) in [5.74, 6) is 0.191. The van der Waals surface area contributed by atoms with E-state index in [0.717, 1.165) is 19.5 Å². The molecule has 0 saturated carbocycles. The molecule has 0 saturated heterocycles. The first-order valence-corrected chi connectivity index (χ1v) is 5.25. The molecule has 0 radical (unpaired) electrons. The van der Waals surface area contributed by atoms with Crippen LogP contribution in [0.4, 0.5) is 0 Å². The third-order valence-electron chi connectivity index (χ3n) is 2.39. The second-order valence-corrected chi connectivity index (χ2v) is 3.61. The third kappa shape index (κ3) is 4.16. The number of aromatic amines is 1. The zero-order chi connectivity index (χ0) is 11.1. The molecule has 0 atom stereocenters. The van der Waals surface area contributed by atoms with Crippen LogP contribution in [0.25, 0.3) is 0 Å². The van der Waals surface area contributed by atoms with Gasteiger partial charge < -0.3 is 15.2 Å². The van der Waals surface area contributed by atoms with Gasteiger partial charge in [0.05, 0.1) is 0 Å². The second kappa shape index (κ2) is 6.24. The summed E-state index contributed by atoms with van der Waals surface area (Å²) in [4.78, 5) is 16.4. The number of hydrogen-bond donors (Lipinski definition) is 2. The van der Waals surface area contributed by atoms with Crippen LogP contribution in [0.2, 0.25) is 0 Å². The lowest BCUT2D eigenvalue weighted by Crippen LogP contribution is -2.30. The van der Waals surface area contributed by atoms with Gasteiger partial charge in [-0.25, -0.2) is 0 Å². The van der Waals surface area contributed by atoms with Crippen LogP contribution in [-0.4, -0.2) is 43.0 Å². The van der Waals surface area contributed by atoms with Crippen LogP contribution < -0.4 is 5.32 Å². The lowest BCUT2D eigenvalue weighted by atomic mass is 10.3. The Labute approximate surface area is 90.7 Å². The zero-order valence-corrected chi connectivity index (χ0v) is 9.42. The molecule has 1 rings (SSSR count). The summed E-state index contributed by atoms with van der Waals surface area (Å²) in [7, 11) is 3.70. The maximum Gasteiger partial charge on any atom is 0.223 e. The smallest absolute Gasteiger partial charge is 0.223 e. The maximum absolute atomic E-state index is 11.5. The minimum absolute atomic E-state index is 0.191. The molecule has 84 valence electrons. The molecule has 2 N–H and O–H groups in total. The summed E-state index contributed by atoms with van der Waals surface area (Å²) in [6.45, 7) is 1.51. The van der Waals surface area contributed by atoms with Gasteiger partial charge in [0, 0.05) is 44.9 Å². The molecule has 0 aliphatic carbocycles. The highest BCUT2D eigenvalue weighted by Gasteiger charge is 2.07. The van der Waals surface area contributed by atoms with Gasteiger partial charge in [-0.3, -0.25) is 4.79 Å². The van der Waals surface area contributed by atoms with Crippen molar-refractivity contribution < 1.29 is 4.79 Å². The molecule has 0 aliphatic rings. The van der Waals surface area contributed by atoms with Crippen molar-refractivity contribution in [1.29, 1.82) is 0 Å². The van der Waals surface area contributed by atoms with Crippen LogP contribution in [0, 0.1) is 0 Å². The summed E-state index contributed by atoms with van der Waals surface area (Å²) in [6, 6.07) is 4.00. The zero-order valence-electron chi connectivity index (χ0n) is 9.42. The summed E-state index contributed by atoms with van der Waals surface area (Å²) < 4.78 is 0. The summed E-state index contributed by atoms with van der Waals surface area (Å²) in [5.41, 5.74) is 1.17. The van der Waals surface area contributed by atoms with Gasteiger partial charge in [0.25, 0.3) is 0 Å². The van der Waals surface area contributed by atoms with E-state index in [-0.39, 0.29) is 5.91 Å². The van der Waals surface area contributed by atoms with Crippen molar-refractivity contribution in [2.24, 2.45) is 0 Å². The quantitative estimate of drug-likeness (QED) is 0.721. The molecule has 0 bridgehead atoms. The number of carbonyl (C=O) groups excluding carboxylic acids is 1. The summed E-state index contributed by atoms with van der Waals surface area (Å²) in [6.07, 6.45) is 3.35. The minimum Gasteiger partial charge on any atom is -0.365 e. The first-order valence-electron chi connectivity index (χ1n) is 5.25. The van der Waals surface area contributed by atoms with Crippen molar-refractivity contribution in [2.75, 3.05) is 27.2 Å². The highest BCUT2D eigenvalue weighted by molar-refractivity contribution is 5.76. The molecular formula is C11H19N3O. The lowest BCUT2D eigenvalue weighted by molar-refractivity contribution is -0.129. The Hall–Kier alpha value is -1.29. The number of H-pyrrole nitrogens is 1. The van der Waals surface area contributed by atoms with Crippen molar-refractivity contribution in [1.82, 2.24) is 15.2 Å². The number of likely N-dealkylation sites (N-methyl/N-ethyl adjacent to an activating group) is 1. The number of rotatable bonds is 6. The molecule has 1 amide bonds. The normalized spacial score (nSPS) is 10.3. The standard InChI is InChI=1S/C11H19N3O/c1-12-8-5-11(15)14(2)9-6-10-4-3-7-13-10/h3-4,7,12-13H,5-6,8-9H2,1-2H3. The van der Waals surface area contributed by atoms with Crippen molar-refractivity contribution in [2.45, 2.75) is 12.8 Å². The van der Waals surface area contributed by atoms with E-state index in [9.17, 15) is 4.79 Å². The van der Waals surface area contributed by atoms with Crippen LogP contribution in [0.3, 0.4) is 0 Å². The van der Waals surface area contributed by atoms with E-state index in [1.54, 1.807) is 4.90 Å². The van der Waals surface area contributed by atoms with Crippen LogP contribution >= 0.6 is 0 Å². The predicted molar refractivity (Wildman–Crippen MR) is 60.7 cm³/mol. The fourth-order valence-corrected chi connectivity index (χ4v) is 1.36. The van der Waals surface area contributed by atoms with Gasteiger partial charge in [0.15, 0.2) is 0 Å². The molecule has 0 aromatic carbocycles. The average Bonchev–Trinajstić information content (AvgIpc) is 2.75. The Morgan fingerprint density at radius 2 is 2.40 bits per heavy atom. The number of amides is 1. The highest BCUT2D eigenvalue weighted by Crippen LogP contribution is 1.98. The Balaban J connectivity index is 2.23.